The lowest BCUT2D eigenvalue weighted by molar-refractivity contribution is -0.120. The van der Waals surface area contributed by atoms with Gasteiger partial charge in [0.05, 0.1) is 13.0 Å². The minimum Gasteiger partial charge on any atom is -0.383 e. The Hall–Kier alpha value is -1.68. The van der Waals surface area contributed by atoms with Crippen LogP contribution in [0, 0.1) is 0 Å². The number of amides is 1. The number of carbonyl (C=O) groups excluding carboxylic acids is 2. The van der Waals surface area contributed by atoms with Crippen LogP contribution in [0.1, 0.15) is 41.8 Å². The first-order valence-electron chi connectivity index (χ1n) is 7.03. The quantitative estimate of drug-likeness (QED) is 0.585. The number of hydrogen-bond acceptors (Lipinski definition) is 3. The van der Waals surface area contributed by atoms with Gasteiger partial charge in [-0.05, 0) is 17.5 Å². The van der Waals surface area contributed by atoms with Gasteiger partial charge in [-0.15, -0.1) is 0 Å². The van der Waals surface area contributed by atoms with E-state index in [0.717, 1.165) is 23.1 Å². The van der Waals surface area contributed by atoms with Crippen molar-refractivity contribution in [2.24, 2.45) is 0 Å². The molecule has 1 aromatic rings. The Balaban J connectivity index is 2.73. The van der Waals surface area contributed by atoms with Crippen LogP contribution in [0.25, 0.3) is 0 Å². The second-order valence-corrected chi connectivity index (χ2v) is 4.64. The van der Waals surface area contributed by atoms with Crippen LogP contribution in [0.4, 0.5) is 0 Å². The number of hydrogen-bond donors (Lipinski definition) is 1. The van der Waals surface area contributed by atoms with Crippen molar-refractivity contribution in [3.05, 3.63) is 34.9 Å². The molecular formula is C16H23NO3. The molecule has 4 nitrogen and oxygen atoms in total. The predicted molar refractivity (Wildman–Crippen MR) is 79.0 cm³/mol. The number of benzene rings is 1. The number of methoxy groups -OCH3 is 1. The highest BCUT2D eigenvalue weighted by Crippen LogP contribution is 2.15. The lowest BCUT2D eigenvalue weighted by atomic mass is 9.96. The normalized spacial score (nSPS) is 10.3. The molecule has 0 saturated heterocycles. The molecule has 0 aliphatic rings. The maximum Gasteiger partial charge on any atom is 0.224 e. The third-order valence-corrected chi connectivity index (χ3v) is 3.17. The second kappa shape index (κ2) is 8.48. The molecule has 0 bridgehead atoms. The van der Waals surface area contributed by atoms with E-state index in [1.807, 2.05) is 32.0 Å². The number of aryl methyl sites for hydroxylation is 1. The van der Waals surface area contributed by atoms with Crippen LogP contribution in [-0.4, -0.2) is 32.0 Å². The highest BCUT2D eigenvalue weighted by Gasteiger charge is 2.10. The summed E-state index contributed by atoms with van der Waals surface area (Å²) in [6, 6.07) is 5.65. The van der Waals surface area contributed by atoms with Gasteiger partial charge in [0.15, 0.2) is 5.78 Å². The molecule has 0 aliphatic carbocycles. The summed E-state index contributed by atoms with van der Waals surface area (Å²) in [5, 5.41) is 2.79. The van der Waals surface area contributed by atoms with E-state index >= 15 is 0 Å². The van der Waals surface area contributed by atoms with E-state index in [-0.39, 0.29) is 11.7 Å². The Morgan fingerprint density at radius 1 is 1.25 bits per heavy atom. The van der Waals surface area contributed by atoms with Crippen LogP contribution in [0.5, 0.6) is 0 Å². The van der Waals surface area contributed by atoms with Crippen molar-refractivity contribution in [3.63, 3.8) is 0 Å². The molecule has 0 heterocycles. The zero-order chi connectivity index (χ0) is 15.0. The van der Waals surface area contributed by atoms with Gasteiger partial charge < -0.3 is 10.1 Å². The number of Topliss-reactive ketones (excluding diaryl/α,β-unsaturated/α-hetero) is 1. The highest BCUT2D eigenvalue weighted by molar-refractivity contribution is 5.97. The lowest BCUT2D eigenvalue weighted by Gasteiger charge is -2.09. The van der Waals surface area contributed by atoms with Gasteiger partial charge in [0.2, 0.25) is 5.91 Å². The molecule has 0 atom stereocenters. The fourth-order valence-corrected chi connectivity index (χ4v) is 2.05. The Kier molecular flexibility index (Phi) is 6.94. The maximum absolute atomic E-state index is 11.8. The van der Waals surface area contributed by atoms with Gasteiger partial charge in [-0.1, -0.05) is 32.0 Å². The molecular weight excluding hydrogens is 254 g/mol. The molecule has 1 rings (SSSR count). The van der Waals surface area contributed by atoms with E-state index in [1.165, 1.54) is 0 Å². The van der Waals surface area contributed by atoms with Crippen molar-refractivity contribution in [3.8, 4) is 0 Å². The molecule has 1 aromatic carbocycles. The van der Waals surface area contributed by atoms with Crippen molar-refractivity contribution in [2.75, 3.05) is 20.3 Å². The van der Waals surface area contributed by atoms with E-state index in [9.17, 15) is 9.59 Å². The minimum absolute atomic E-state index is 0.0290. The minimum atomic E-state index is -0.0290. The average Bonchev–Trinajstić information content (AvgIpc) is 2.46. The van der Waals surface area contributed by atoms with Crippen molar-refractivity contribution < 1.29 is 14.3 Å². The van der Waals surface area contributed by atoms with E-state index in [4.69, 9.17) is 4.74 Å². The topological polar surface area (TPSA) is 55.4 Å². The van der Waals surface area contributed by atoms with Crippen molar-refractivity contribution in [1.82, 2.24) is 5.32 Å². The molecule has 0 saturated carbocycles. The first-order valence-corrected chi connectivity index (χ1v) is 7.03. The second-order valence-electron chi connectivity index (χ2n) is 4.64. The fraction of sp³-hybridized carbons (Fsp3) is 0.500. The Morgan fingerprint density at radius 2 is 2.00 bits per heavy atom. The molecule has 4 heteroatoms. The summed E-state index contributed by atoms with van der Waals surface area (Å²) in [7, 11) is 1.60. The van der Waals surface area contributed by atoms with E-state index in [1.54, 1.807) is 7.11 Å². The molecule has 1 N–H and O–H groups in total. The first kappa shape index (κ1) is 16.4. The third kappa shape index (κ3) is 4.78. The number of rotatable bonds is 8. The van der Waals surface area contributed by atoms with Crippen molar-refractivity contribution in [2.45, 2.75) is 33.1 Å². The Morgan fingerprint density at radius 3 is 2.60 bits per heavy atom. The molecule has 20 heavy (non-hydrogen) atoms. The smallest absolute Gasteiger partial charge is 0.224 e. The van der Waals surface area contributed by atoms with Crippen molar-refractivity contribution in [1.29, 1.82) is 0 Å². The van der Waals surface area contributed by atoms with Gasteiger partial charge in [-0.2, -0.15) is 0 Å². The third-order valence-electron chi connectivity index (χ3n) is 3.17. The standard InChI is InChI=1S/C16H23NO3/c1-4-13-10-12(6-7-14(13)15(18)5-2)11-16(19)17-8-9-20-3/h6-7,10H,4-5,8-9,11H2,1-3H3,(H,17,19). The van der Waals surface area contributed by atoms with E-state index < -0.39 is 0 Å². The van der Waals surface area contributed by atoms with E-state index in [0.29, 0.717) is 26.0 Å². The summed E-state index contributed by atoms with van der Waals surface area (Å²) < 4.78 is 4.88. The van der Waals surface area contributed by atoms with Crippen LogP contribution < -0.4 is 5.32 Å². The van der Waals surface area contributed by atoms with E-state index in [2.05, 4.69) is 5.32 Å². The number of ketones is 1. The number of nitrogens with one attached hydrogen (secondary N) is 1. The van der Waals surface area contributed by atoms with Crippen LogP contribution in [0.3, 0.4) is 0 Å². The lowest BCUT2D eigenvalue weighted by Crippen LogP contribution is -2.28. The zero-order valence-corrected chi connectivity index (χ0v) is 12.5. The molecule has 0 fully saturated rings. The maximum atomic E-state index is 11.8. The van der Waals surface area contributed by atoms with Gasteiger partial charge in [0, 0.05) is 25.6 Å². The largest absolute Gasteiger partial charge is 0.383 e. The highest BCUT2D eigenvalue weighted by atomic mass is 16.5. The summed E-state index contributed by atoms with van der Waals surface area (Å²) in [5.74, 6) is 0.122. The first-order chi connectivity index (χ1) is 9.62. The van der Waals surface area contributed by atoms with Gasteiger partial charge in [0.25, 0.3) is 0 Å². The van der Waals surface area contributed by atoms with Gasteiger partial charge in [-0.25, -0.2) is 0 Å². The molecule has 0 spiro atoms. The van der Waals surface area contributed by atoms with Crippen LogP contribution in [0.2, 0.25) is 0 Å². The average molecular weight is 277 g/mol. The molecule has 1 amide bonds. The summed E-state index contributed by atoms with van der Waals surface area (Å²) in [6.45, 7) is 4.90. The molecule has 0 unspecified atom stereocenters. The van der Waals surface area contributed by atoms with Gasteiger partial charge in [-0.3, -0.25) is 9.59 Å². The van der Waals surface area contributed by atoms with Crippen LogP contribution in [0.15, 0.2) is 18.2 Å². The Bertz CT molecular complexity index is 469. The number of ether oxygens (including phenoxy) is 1. The van der Waals surface area contributed by atoms with Gasteiger partial charge in [0.1, 0.15) is 0 Å². The van der Waals surface area contributed by atoms with Crippen LogP contribution >= 0.6 is 0 Å². The molecule has 0 aromatic heterocycles. The Labute approximate surface area is 120 Å². The van der Waals surface area contributed by atoms with Gasteiger partial charge >= 0.3 is 0 Å². The molecule has 0 aliphatic heterocycles. The summed E-state index contributed by atoms with van der Waals surface area (Å²) in [6.07, 6.45) is 1.63. The number of carbonyl (C=O) groups is 2. The zero-order valence-electron chi connectivity index (χ0n) is 12.5. The predicted octanol–water partition coefficient (Wildman–Crippen LogP) is 2.15. The summed E-state index contributed by atoms with van der Waals surface area (Å²) in [4.78, 5) is 23.5. The van der Waals surface area contributed by atoms with Crippen LogP contribution in [-0.2, 0) is 22.4 Å². The summed E-state index contributed by atoms with van der Waals surface area (Å²) in [5.41, 5.74) is 2.72. The molecule has 110 valence electrons. The summed E-state index contributed by atoms with van der Waals surface area (Å²) >= 11 is 0. The SMILES string of the molecule is CCC(=O)c1ccc(CC(=O)NCCOC)cc1CC. The van der Waals surface area contributed by atoms with Crippen molar-refractivity contribution >= 4 is 11.7 Å². The monoisotopic (exact) mass is 277 g/mol. The fourth-order valence-electron chi connectivity index (χ4n) is 2.05. The molecule has 0 radical (unpaired) electrons.